The number of amidine groups is 1. The van der Waals surface area contributed by atoms with Crippen LogP contribution < -0.4 is 0 Å². The summed E-state index contributed by atoms with van der Waals surface area (Å²) in [6.45, 7) is 3.99. The fourth-order valence-electron chi connectivity index (χ4n) is 1.47. The number of hydrogen-bond donors (Lipinski definition) is 0. The lowest BCUT2D eigenvalue weighted by Gasteiger charge is -2.12. The van der Waals surface area contributed by atoms with Gasteiger partial charge in [-0.3, -0.25) is 4.99 Å². The maximum Gasteiger partial charge on any atom is 0.0987 e. The smallest absolute Gasteiger partial charge is 0.0987 e. The van der Waals surface area contributed by atoms with Crippen molar-refractivity contribution in [3.05, 3.63) is 0 Å². The van der Waals surface area contributed by atoms with Gasteiger partial charge in [0.1, 0.15) is 0 Å². The van der Waals surface area contributed by atoms with E-state index in [-0.39, 0.29) is 0 Å². The van der Waals surface area contributed by atoms with Gasteiger partial charge in [0.05, 0.1) is 12.4 Å². The van der Waals surface area contributed by atoms with E-state index in [2.05, 4.69) is 28.8 Å². The predicted octanol–water partition coefficient (Wildman–Crippen LogP) is 1.91. The van der Waals surface area contributed by atoms with Crippen LogP contribution in [0.4, 0.5) is 0 Å². The molecule has 0 aromatic carbocycles. The first-order valence-electron chi connectivity index (χ1n) is 4.98. The highest BCUT2D eigenvalue weighted by Crippen LogP contribution is 2.07. The van der Waals surface area contributed by atoms with Crippen molar-refractivity contribution in [3.8, 4) is 11.8 Å². The largest absolute Gasteiger partial charge is 0.362 e. The first-order valence-corrected chi connectivity index (χ1v) is 4.98. The fourth-order valence-corrected chi connectivity index (χ4v) is 1.47. The van der Waals surface area contributed by atoms with Crippen LogP contribution in [0.1, 0.15) is 32.6 Å². The molecule has 0 aromatic heterocycles. The van der Waals surface area contributed by atoms with Crippen molar-refractivity contribution in [2.45, 2.75) is 32.6 Å². The summed E-state index contributed by atoms with van der Waals surface area (Å²) in [7, 11) is 2.12. The third-order valence-electron chi connectivity index (χ3n) is 2.30. The molecule has 0 radical (unpaired) electrons. The molecule has 1 heterocycles. The molecule has 13 heavy (non-hydrogen) atoms. The monoisotopic (exact) mass is 178 g/mol. The second kappa shape index (κ2) is 5.64. The summed E-state index contributed by atoms with van der Waals surface area (Å²) >= 11 is 0. The average molecular weight is 178 g/mol. The van der Waals surface area contributed by atoms with Crippen LogP contribution in [-0.2, 0) is 0 Å². The Morgan fingerprint density at radius 3 is 2.92 bits per heavy atom. The molecule has 0 bridgehead atoms. The van der Waals surface area contributed by atoms with Crippen molar-refractivity contribution in [3.63, 3.8) is 0 Å². The molecule has 1 rings (SSSR count). The first kappa shape index (κ1) is 10.1. The Hall–Kier alpha value is -0.970. The molecule has 2 heteroatoms. The Kier molecular flexibility index (Phi) is 4.39. The Balaban J connectivity index is 2.08. The van der Waals surface area contributed by atoms with Gasteiger partial charge in [-0.05, 0) is 19.8 Å². The van der Waals surface area contributed by atoms with E-state index in [9.17, 15) is 0 Å². The van der Waals surface area contributed by atoms with Crippen molar-refractivity contribution < 1.29 is 0 Å². The lowest BCUT2D eigenvalue weighted by molar-refractivity contribution is 0.540. The molecule has 0 unspecified atom stereocenters. The minimum atomic E-state index is 0.987. The number of unbranched alkanes of at least 4 members (excludes halogenated alkanes) is 2. The number of nitrogens with zero attached hydrogens (tertiary/aromatic N) is 2. The Morgan fingerprint density at radius 1 is 1.46 bits per heavy atom. The van der Waals surface area contributed by atoms with Crippen LogP contribution in [0.25, 0.3) is 0 Å². The van der Waals surface area contributed by atoms with Gasteiger partial charge in [-0.2, -0.15) is 0 Å². The van der Waals surface area contributed by atoms with Crippen LogP contribution in [0.3, 0.4) is 0 Å². The summed E-state index contributed by atoms with van der Waals surface area (Å²) in [5.74, 6) is 7.28. The van der Waals surface area contributed by atoms with E-state index in [1.165, 1.54) is 18.7 Å². The SMILES string of the molecule is CC#CCCCCC1=NCCN1C. The van der Waals surface area contributed by atoms with Crippen LogP contribution >= 0.6 is 0 Å². The molecular weight excluding hydrogens is 160 g/mol. The minimum Gasteiger partial charge on any atom is -0.362 e. The zero-order valence-corrected chi connectivity index (χ0v) is 8.64. The highest BCUT2D eigenvalue weighted by molar-refractivity contribution is 5.83. The lowest BCUT2D eigenvalue weighted by atomic mass is 10.2. The first-order chi connectivity index (χ1) is 6.34. The third kappa shape index (κ3) is 3.50. The predicted molar refractivity (Wildman–Crippen MR) is 56.9 cm³/mol. The molecule has 0 atom stereocenters. The molecule has 0 aliphatic carbocycles. The van der Waals surface area contributed by atoms with E-state index in [0.29, 0.717) is 0 Å². The van der Waals surface area contributed by atoms with Gasteiger partial charge in [0.25, 0.3) is 0 Å². The molecule has 0 N–H and O–H groups in total. The van der Waals surface area contributed by atoms with Crippen LogP contribution in [0.15, 0.2) is 4.99 Å². The number of rotatable bonds is 4. The molecule has 2 nitrogen and oxygen atoms in total. The maximum absolute atomic E-state index is 4.44. The van der Waals surface area contributed by atoms with Crippen molar-refractivity contribution >= 4 is 5.84 Å². The topological polar surface area (TPSA) is 15.6 Å². The number of hydrogen-bond acceptors (Lipinski definition) is 2. The average Bonchev–Trinajstić information content (AvgIpc) is 2.52. The molecule has 0 aromatic rings. The van der Waals surface area contributed by atoms with Gasteiger partial charge in [0, 0.05) is 26.4 Å². The van der Waals surface area contributed by atoms with E-state index >= 15 is 0 Å². The summed E-state index contributed by atoms with van der Waals surface area (Å²) in [5, 5.41) is 0. The summed E-state index contributed by atoms with van der Waals surface area (Å²) in [5.41, 5.74) is 0. The Morgan fingerprint density at radius 2 is 2.31 bits per heavy atom. The summed E-state index contributed by atoms with van der Waals surface area (Å²) in [6.07, 6.45) is 4.58. The molecule has 0 saturated carbocycles. The molecule has 1 aliphatic rings. The van der Waals surface area contributed by atoms with Gasteiger partial charge in [-0.25, -0.2) is 0 Å². The second-order valence-corrected chi connectivity index (χ2v) is 3.35. The van der Waals surface area contributed by atoms with Crippen LogP contribution in [0.2, 0.25) is 0 Å². The van der Waals surface area contributed by atoms with Gasteiger partial charge >= 0.3 is 0 Å². The molecule has 0 fully saturated rings. The highest BCUT2D eigenvalue weighted by atomic mass is 15.2. The van der Waals surface area contributed by atoms with Crippen LogP contribution in [-0.4, -0.2) is 30.9 Å². The number of likely N-dealkylation sites (N-methyl/N-ethyl adjacent to an activating group) is 1. The van der Waals surface area contributed by atoms with Gasteiger partial charge in [0.2, 0.25) is 0 Å². The lowest BCUT2D eigenvalue weighted by Crippen LogP contribution is -2.22. The van der Waals surface area contributed by atoms with E-state index < -0.39 is 0 Å². The molecule has 0 spiro atoms. The quantitative estimate of drug-likeness (QED) is 0.474. The minimum absolute atomic E-state index is 0.987. The molecule has 0 saturated heterocycles. The van der Waals surface area contributed by atoms with Crippen molar-refractivity contribution in [2.75, 3.05) is 20.1 Å². The van der Waals surface area contributed by atoms with E-state index in [0.717, 1.165) is 25.9 Å². The van der Waals surface area contributed by atoms with E-state index in [1.54, 1.807) is 0 Å². The van der Waals surface area contributed by atoms with Crippen LogP contribution in [0, 0.1) is 11.8 Å². The normalized spacial score (nSPS) is 15.2. The van der Waals surface area contributed by atoms with Crippen molar-refractivity contribution in [1.29, 1.82) is 0 Å². The fraction of sp³-hybridized carbons (Fsp3) is 0.727. The molecular formula is C11H18N2. The highest BCUT2D eigenvalue weighted by Gasteiger charge is 2.10. The van der Waals surface area contributed by atoms with E-state index in [1.807, 2.05) is 6.92 Å². The van der Waals surface area contributed by atoms with Crippen molar-refractivity contribution in [2.24, 2.45) is 4.99 Å². The van der Waals surface area contributed by atoms with Gasteiger partial charge in [-0.15, -0.1) is 11.8 Å². The molecule has 1 aliphatic heterocycles. The third-order valence-corrected chi connectivity index (χ3v) is 2.30. The van der Waals surface area contributed by atoms with Gasteiger partial charge in [0.15, 0.2) is 0 Å². The van der Waals surface area contributed by atoms with E-state index in [4.69, 9.17) is 0 Å². The molecule has 72 valence electrons. The maximum atomic E-state index is 4.44. The Bertz CT molecular complexity index is 232. The standard InChI is InChI=1S/C11H18N2/c1-3-4-5-6-7-8-11-12-9-10-13(11)2/h5-10H2,1-2H3. The second-order valence-electron chi connectivity index (χ2n) is 3.35. The zero-order valence-electron chi connectivity index (χ0n) is 8.64. The Labute approximate surface area is 81.0 Å². The summed E-state index contributed by atoms with van der Waals surface area (Å²) in [4.78, 5) is 6.70. The summed E-state index contributed by atoms with van der Waals surface area (Å²) < 4.78 is 0. The zero-order chi connectivity index (χ0) is 9.52. The molecule has 0 amide bonds. The summed E-state index contributed by atoms with van der Waals surface area (Å²) in [6, 6.07) is 0. The van der Waals surface area contributed by atoms with Crippen molar-refractivity contribution in [1.82, 2.24) is 4.90 Å². The van der Waals surface area contributed by atoms with Gasteiger partial charge in [-0.1, -0.05) is 0 Å². The van der Waals surface area contributed by atoms with Gasteiger partial charge < -0.3 is 4.90 Å². The van der Waals surface area contributed by atoms with Crippen LogP contribution in [0.5, 0.6) is 0 Å². The number of aliphatic imine (C=N–C) groups is 1.